The third-order valence-corrected chi connectivity index (χ3v) is 4.22. The van der Waals surface area contributed by atoms with E-state index in [9.17, 15) is 0 Å². The summed E-state index contributed by atoms with van der Waals surface area (Å²) in [7, 11) is 2.19. The van der Waals surface area contributed by atoms with E-state index in [1.807, 2.05) is 0 Å². The summed E-state index contributed by atoms with van der Waals surface area (Å²) < 4.78 is 0. The van der Waals surface area contributed by atoms with Gasteiger partial charge in [-0.1, -0.05) is 25.8 Å². The molecule has 2 heterocycles. The van der Waals surface area contributed by atoms with Gasteiger partial charge in [-0.3, -0.25) is 0 Å². The largest absolute Gasteiger partial charge is 0.383 e. The lowest BCUT2D eigenvalue weighted by molar-refractivity contribution is 0.253. The summed E-state index contributed by atoms with van der Waals surface area (Å²) in [5, 5.41) is 0. The molecule has 3 heteroatoms. The molecule has 19 heavy (non-hydrogen) atoms. The highest BCUT2D eigenvalue weighted by atomic mass is 15.1. The van der Waals surface area contributed by atoms with Gasteiger partial charge in [0.25, 0.3) is 0 Å². The molecule has 2 N–H and O–H groups in total. The van der Waals surface area contributed by atoms with Crippen LogP contribution < -0.4 is 5.73 Å². The Balaban J connectivity index is 1.98. The van der Waals surface area contributed by atoms with Gasteiger partial charge in [0.05, 0.1) is 0 Å². The summed E-state index contributed by atoms with van der Waals surface area (Å²) in [6.45, 7) is 4.57. The molecule has 3 nitrogen and oxygen atoms in total. The van der Waals surface area contributed by atoms with Gasteiger partial charge in [-0.15, -0.1) is 0 Å². The number of nitrogens with two attached hydrogens (primary N) is 1. The summed E-state index contributed by atoms with van der Waals surface area (Å²) in [5.41, 5.74) is 8.54. The minimum atomic E-state index is 0.600. The highest BCUT2D eigenvalue weighted by Crippen LogP contribution is 2.27. The third-order valence-electron chi connectivity index (χ3n) is 4.22. The molecule has 2 rings (SSSR count). The van der Waals surface area contributed by atoms with Gasteiger partial charge in [-0.25, -0.2) is 4.98 Å². The lowest BCUT2D eigenvalue weighted by Gasteiger charge is -2.28. The van der Waals surface area contributed by atoms with E-state index >= 15 is 0 Å². The first-order valence-electron chi connectivity index (χ1n) is 7.64. The van der Waals surface area contributed by atoms with Gasteiger partial charge in [0.2, 0.25) is 0 Å². The molecule has 1 fully saturated rings. The van der Waals surface area contributed by atoms with Crippen LogP contribution in [0.1, 0.15) is 56.2 Å². The molecule has 0 atom stereocenters. The Bertz CT molecular complexity index is 395. The Morgan fingerprint density at radius 2 is 2.00 bits per heavy atom. The molecule has 0 aliphatic carbocycles. The van der Waals surface area contributed by atoms with E-state index in [1.54, 1.807) is 0 Å². The molecule has 1 aliphatic rings. The molecule has 1 aliphatic heterocycles. The van der Waals surface area contributed by atoms with E-state index < -0.39 is 0 Å². The second-order valence-corrected chi connectivity index (χ2v) is 5.82. The summed E-state index contributed by atoms with van der Waals surface area (Å²) in [6, 6.07) is 4.40. The van der Waals surface area contributed by atoms with Crippen LogP contribution in [-0.4, -0.2) is 30.0 Å². The molecule has 1 aromatic rings. The number of hydrogen-bond donors (Lipinski definition) is 1. The van der Waals surface area contributed by atoms with Crippen molar-refractivity contribution in [2.75, 3.05) is 25.9 Å². The van der Waals surface area contributed by atoms with Crippen LogP contribution in [0, 0.1) is 0 Å². The van der Waals surface area contributed by atoms with E-state index in [1.165, 1.54) is 56.5 Å². The van der Waals surface area contributed by atoms with Crippen LogP contribution in [-0.2, 0) is 6.42 Å². The fourth-order valence-electron chi connectivity index (χ4n) is 2.83. The smallest absolute Gasteiger partial charge is 0.126 e. The van der Waals surface area contributed by atoms with Gasteiger partial charge in [0, 0.05) is 11.6 Å². The molecular weight excluding hydrogens is 234 g/mol. The van der Waals surface area contributed by atoms with Crippen molar-refractivity contribution in [1.29, 1.82) is 0 Å². The van der Waals surface area contributed by atoms with Gasteiger partial charge in [0.15, 0.2) is 0 Å². The normalized spacial score (nSPS) is 17.8. The van der Waals surface area contributed by atoms with Crippen molar-refractivity contribution in [3.8, 4) is 0 Å². The van der Waals surface area contributed by atoms with Crippen LogP contribution in [0.5, 0.6) is 0 Å². The highest BCUT2D eigenvalue weighted by Gasteiger charge is 2.19. The molecular formula is C16H27N3. The lowest BCUT2D eigenvalue weighted by Crippen LogP contribution is -2.29. The van der Waals surface area contributed by atoms with Crippen LogP contribution in [0.4, 0.5) is 5.82 Å². The first-order valence-corrected chi connectivity index (χ1v) is 7.64. The summed E-state index contributed by atoms with van der Waals surface area (Å²) >= 11 is 0. The van der Waals surface area contributed by atoms with Gasteiger partial charge in [-0.05, 0) is 57.5 Å². The summed E-state index contributed by atoms with van der Waals surface area (Å²) in [4.78, 5) is 7.05. The highest BCUT2D eigenvalue weighted by molar-refractivity contribution is 5.41. The average molecular weight is 261 g/mol. The van der Waals surface area contributed by atoms with Crippen LogP contribution in [0.25, 0.3) is 0 Å². The number of unbranched alkanes of at least 4 members (excludes halogenated alkanes) is 2. The van der Waals surface area contributed by atoms with E-state index in [-0.39, 0.29) is 0 Å². The van der Waals surface area contributed by atoms with Crippen molar-refractivity contribution in [3.63, 3.8) is 0 Å². The number of anilines is 1. The number of nitrogens with zero attached hydrogens (tertiary/aromatic N) is 2. The first kappa shape index (κ1) is 14.3. The number of rotatable bonds is 5. The second-order valence-electron chi connectivity index (χ2n) is 5.82. The molecule has 1 saturated heterocycles. The summed E-state index contributed by atoms with van der Waals surface area (Å²) in [6.07, 6.45) is 7.23. The molecule has 1 aromatic heterocycles. The predicted octanol–water partition coefficient (Wildman–Crippen LogP) is 3.21. The van der Waals surface area contributed by atoms with Crippen LogP contribution in [0.3, 0.4) is 0 Å². The van der Waals surface area contributed by atoms with Gasteiger partial charge >= 0.3 is 0 Å². The van der Waals surface area contributed by atoms with E-state index in [0.717, 1.165) is 12.2 Å². The van der Waals surface area contributed by atoms with Crippen LogP contribution in [0.15, 0.2) is 12.1 Å². The van der Waals surface area contributed by atoms with Crippen LogP contribution in [0.2, 0.25) is 0 Å². The van der Waals surface area contributed by atoms with Gasteiger partial charge < -0.3 is 10.6 Å². The number of likely N-dealkylation sites (tertiary alicyclic amines) is 1. The van der Waals surface area contributed by atoms with Crippen molar-refractivity contribution < 1.29 is 0 Å². The molecule has 0 bridgehead atoms. The number of piperidine rings is 1. The zero-order valence-electron chi connectivity index (χ0n) is 12.4. The Morgan fingerprint density at radius 3 is 2.63 bits per heavy atom. The maximum atomic E-state index is 6.12. The zero-order chi connectivity index (χ0) is 13.7. The van der Waals surface area contributed by atoms with Crippen LogP contribution >= 0.6 is 0 Å². The molecule has 0 spiro atoms. The van der Waals surface area contributed by atoms with E-state index in [0.29, 0.717) is 5.92 Å². The molecule has 106 valence electrons. The predicted molar refractivity (Wildman–Crippen MR) is 81.4 cm³/mol. The molecule has 0 saturated carbocycles. The minimum absolute atomic E-state index is 0.600. The maximum absolute atomic E-state index is 6.12. The zero-order valence-corrected chi connectivity index (χ0v) is 12.4. The maximum Gasteiger partial charge on any atom is 0.126 e. The quantitative estimate of drug-likeness (QED) is 0.828. The molecule has 0 amide bonds. The Labute approximate surface area is 117 Å². The van der Waals surface area contributed by atoms with Crippen molar-refractivity contribution in [2.24, 2.45) is 0 Å². The molecule has 0 radical (unpaired) electrons. The fourth-order valence-corrected chi connectivity index (χ4v) is 2.83. The Kier molecular flexibility index (Phi) is 5.20. The van der Waals surface area contributed by atoms with Crippen molar-refractivity contribution >= 4 is 5.82 Å². The van der Waals surface area contributed by atoms with Crippen molar-refractivity contribution in [2.45, 2.75) is 51.4 Å². The monoisotopic (exact) mass is 261 g/mol. The number of aryl methyl sites for hydroxylation is 1. The molecule has 0 unspecified atom stereocenters. The number of hydrogen-bond acceptors (Lipinski definition) is 3. The van der Waals surface area contributed by atoms with Gasteiger partial charge in [-0.2, -0.15) is 0 Å². The fraction of sp³-hybridized carbons (Fsp3) is 0.688. The first-order chi connectivity index (χ1) is 9.20. The minimum Gasteiger partial charge on any atom is -0.383 e. The standard InChI is InChI=1S/C16H27N3/c1-3-4-5-6-14-7-8-15(18-16(14)17)13-9-11-19(2)12-10-13/h7-8,13H,3-6,9-12H2,1-2H3,(H2,17,18). The average Bonchev–Trinajstić information content (AvgIpc) is 2.42. The number of nitrogen functional groups attached to an aromatic ring is 1. The summed E-state index contributed by atoms with van der Waals surface area (Å²) in [5.74, 6) is 1.36. The second kappa shape index (κ2) is 6.90. The van der Waals surface area contributed by atoms with Gasteiger partial charge in [0.1, 0.15) is 5.82 Å². The number of pyridine rings is 1. The van der Waals surface area contributed by atoms with E-state index in [2.05, 4.69) is 36.0 Å². The van der Waals surface area contributed by atoms with Crippen molar-refractivity contribution in [3.05, 3.63) is 23.4 Å². The third kappa shape index (κ3) is 3.93. The topological polar surface area (TPSA) is 42.2 Å². The van der Waals surface area contributed by atoms with Crippen molar-refractivity contribution in [1.82, 2.24) is 9.88 Å². The number of aromatic nitrogens is 1. The lowest BCUT2D eigenvalue weighted by atomic mass is 9.93. The van der Waals surface area contributed by atoms with E-state index in [4.69, 9.17) is 5.73 Å². The SMILES string of the molecule is CCCCCc1ccc(C2CCN(C)CC2)nc1N. The molecule has 0 aromatic carbocycles. The Hall–Kier alpha value is -1.09. The Morgan fingerprint density at radius 1 is 1.26 bits per heavy atom.